The molecule has 2 rings (SSSR count). The highest BCUT2D eigenvalue weighted by atomic mass is 79.9. The monoisotopic (exact) mass is 594 g/mol. The van der Waals surface area contributed by atoms with Crippen molar-refractivity contribution < 1.29 is 22.3 Å². The Morgan fingerprint density at radius 1 is 0.485 bits per heavy atom. The largest absolute Gasteiger partial charge is 0.381 e. The molecule has 0 atom stereocenters. The lowest BCUT2D eigenvalue weighted by atomic mass is 10.0. The topological polar surface area (TPSA) is 9.23 Å². The van der Waals surface area contributed by atoms with Crippen molar-refractivity contribution in [3.63, 3.8) is 0 Å². The molecule has 1 nitrogen and oxygen atoms in total. The van der Waals surface area contributed by atoms with Crippen molar-refractivity contribution in [2.45, 2.75) is 77.0 Å². The van der Waals surface area contributed by atoms with E-state index in [0.717, 1.165) is 77.4 Å². The van der Waals surface area contributed by atoms with E-state index in [0.29, 0.717) is 24.0 Å². The zero-order valence-electron chi connectivity index (χ0n) is 18.9. The van der Waals surface area contributed by atoms with Crippen LogP contribution in [0.3, 0.4) is 0 Å². The predicted molar refractivity (Wildman–Crippen MR) is 133 cm³/mol. The summed E-state index contributed by atoms with van der Waals surface area (Å²) in [6.07, 6.45) is 11.1. The Labute approximate surface area is 211 Å². The number of unbranched alkanes of at least 4 members (excludes halogenated alkanes) is 8. The Morgan fingerprint density at radius 2 is 0.848 bits per heavy atom. The van der Waals surface area contributed by atoms with E-state index in [-0.39, 0.29) is 8.95 Å². The van der Waals surface area contributed by atoms with Gasteiger partial charge in [0, 0.05) is 13.2 Å². The maximum Gasteiger partial charge on any atom is 0.173 e. The molecule has 0 unspecified atom stereocenters. The van der Waals surface area contributed by atoms with Gasteiger partial charge in [-0.15, -0.1) is 0 Å². The van der Waals surface area contributed by atoms with Crippen LogP contribution in [0.25, 0.3) is 0 Å². The number of ether oxygens (including phenoxy) is 1. The number of benzene rings is 2. The van der Waals surface area contributed by atoms with Crippen LogP contribution in [0.1, 0.15) is 75.3 Å². The highest BCUT2D eigenvalue weighted by Gasteiger charge is 2.12. The lowest BCUT2D eigenvalue weighted by molar-refractivity contribution is 0.125. The van der Waals surface area contributed by atoms with Crippen LogP contribution < -0.4 is 0 Å². The molecule has 0 heterocycles. The zero-order valence-corrected chi connectivity index (χ0v) is 22.1. The first-order valence-electron chi connectivity index (χ1n) is 11.7. The Kier molecular flexibility index (Phi) is 13.6. The standard InChI is InChI=1S/C26H32Br2F4O/c27-21-15-13-19(23(29)25(21)31)11-7-3-1-5-9-17-33-18-10-6-2-4-8-12-20-14-16-22(28)26(32)24(20)30/h13-16H,1-12,17-18H2. The highest BCUT2D eigenvalue weighted by molar-refractivity contribution is 9.10. The molecule has 0 radical (unpaired) electrons. The summed E-state index contributed by atoms with van der Waals surface area (Å²) in [7, 11) is 0. The van der Waals surface area contributed by atoms with Gasteiger partial charge >= 0.3 is 0 Å². The SMILES string of the molecule is Fc1c(Br)ccc(CCCCCCCOCCCCCCCc2ccc(Br)c(F)c2F)c1F. The van der Waals surface area contributed by atoms with Gasteiger partial charge in [0.25, 0.3) is 0 Å². The molecule has 0 N–H and O–H groups in total. The van der Waals surface area contributed by atoms with Crippen molar-refractivity contribution >= 4 is 31.9 Å². The highest BCUT2D eigenvalue weighted by Crippen LogP contribution is 2.23. The van der Waals surface area contributed by atoms with E-state index in [1.165, 1.54) is 0 Å². The van der Waals surface area contributed by atoms with E-state index in [1.54, 1.807) is 24.3 Å². The molecule has 2 aromatic carbocycles. The molecule has 0 saturated carbocycles. The summed E-state index contributed by atoms with van der Waals surface area (Å²) in [6.45, 7) is 1.50. The lowest BCUT2D eigenvalue weighted by Crippen LogP contribution is -1.98. The van der Waals surface area contributed by atoms with Gasteiger partial charge in [0.05, 0.1) is 8.95 Å². The molecular formula is C26H32Br2F4O. The lowest BCUT2D eigenvalue weighted by Gasteiger charge is -2.07. The van der Waals surface area contributed by atoms with E-state index in [9.17, 15) is 17.6 Å². The molecule has 7 heteroatoms. The fraction of sp³-hybridized carbons (Fsp3) is 0.538. The second kappa shape index (κ2) is 15.9. The summed E-state index contributed by atoms with van der Waals surface area (Å²) >= 11 is 5.98. The second-order valence-corrected chi connectivity index (χ2v) is 10.0. The molecule has 0 aliphatic rings. The van der Waals surface area contributed by atoms with Crippen molar-refractivity contribution in [1.29, 1.82) is 0 Å². The van der Waals surface area contributed by atoms with E-state index < -0.39 is 23.3 Å². The number of hydrogen-bond donors (Lipinski definition) is 0. The second-order valence-electron chi connectivity index (χ2n) is 8.32. The maximum absolute atomic E-state index is 13.8. The minimum absolute atomic E-state index is 0.162. The third kappa shape index (κ3) is 10.1. The molecule has 2 aromatic rings. The first kappa shape index (κ1) is 28.3. The van der Waals surface area contributed by atoms with Gasteiger partial charge in [-0.05, 0) is 93.6 Å². The fourth-order valence-electron chi connectivity index (χ4n) is 3.72. The summed E-state index contributed by atoms with van der Waals surface area (Å²) in [5.74, 6) is -3.10. The van der Waals surface area contributed by atoms with Crippen LogP contribution in [-0.2, 0) is 17.6 Å². The molecule has 0 saturated heterocycles. The molecule has 184 valence electrons. The van der Waals surface area contributed by atoms with Crippen molar-refractivity contribution in [2.24, 2.45) is 0 Å². The summed E-state index contributed by atoms with van der Waals surface area (Å²) in [5, 5.41) is 0. The van der Waals surface area contributed by atoms with Crippen LogP contribution in [0.2, 0.25) is 0 Å². The third-order valence-corrected chi connectivity index (χ3v) is 6.92. The Balaban J connectivity index is 1.38. The average molecular weight is 596 g/mol. The van der Waals surface area contributed by atoms with Crippen LogP contribution in [0.5, 0.6) is 0 Å². The van der Waals surface area contributed by atoms with E-state index in [1.807, 2.05) is 0 Å². The minimum Gasteiger partial charge on any atom is -0.381 e. The Hall–Kier alpha value is -0.920. The van der Waals surface area contributed by atoms with Gasteiger partial charge in [0.2, 0.25) is 0 Å². The van der Waals surface area contributed by atoms with Crippen LogP contribution >= 0.6 is 31.9 Å². The van der Waals surface area contributed by atoms with Crippen molar-refractivity contribution in [3.8, 4) is 0 Å². The van der Waals surface area contributed by atoms with Crippen molar-refractivity contribution in [2.75, 3.05) is 13.2 Å². The van der Waals surface area contributed by atoms with Gasteiger partial charge in [0.15, 0.2) is 23.3 Å². The first-order chi connectivity index (χ1) is 15.9. The zero-order chi connectivity index (χ0) is 24.1. The van der Waals surface area contributed by atoms with Crippen LogP contribution in [0.4, 0.5) is 17.6 Å². The first-order valence-corrected chi connectivity index (χ1v) is 13.3. The van der Waals surface area contributed by atoms with Gasteiger partial charge in [-0.25, -0.2) is 17.6 Å². The average Bonchev–Trinajstić information content (AvgIpc) is 2.81. The molecule has 0 amide bonds. The van der Waals surface area contributed by atoms with Crippen LogP contribution in [-0.4, -0.2) is 13.2 Å². The predicted octanol–water partition coefficient (Wildman–Crippen LogP) is 9.47. The summed E-state index contributed by atoms with van der Waals surface area (Å²) in [5.41, 5.74) is 0.877. The van der Waals surface area contributed by atoms with Gasteiger partial charge < -0.3 is 4.74 Å². The summed E-state index contributed by atoms with van der Waals surface area (Å²) in [6, 6.07) is 6.39. The maximum atomic E-state index is 13.8. The molecule has 0 bridgehead atoms. The molecule has 0 aromatic heterocycles. The van der Waals surface area contributed by atoms with Gasteiger partial charge in [-0.2, -0.15) is 0 Å². The molecular weight excluding hydrogens is 564 g/mol. The normalized spacial score (nSPS) is 11.3. The molecule has 0 aliphatic heterocycles. The Morgan fingerprint density at radius 3 is 1.27 bits per heavy atom. The van der Waals surface area contributed by atoms with Gasteiger partial charge in [-0.3, -0.25) is 0 Å². The summed E-state index contributed by atoms with van der Waals surface area (Å²) < 4.78 is 60.6. The van der Waals surface area contributed by atoms with Crippen molar-refractivity contribution in [1.82, 2.24) is 0 Å². The van der Waals surface area contributed by atoms with E-state index >= 15 is 0 Å². The van der Waals surface area contributed by atoms with Crippen LogP contribution in [0, 0.1) is 23.3 Å². The number of halogens is 6. The third-order valence-electron chi connectivity index (χ3n) is 5.70. The Bertz CT molecular complexity index is 791. The van der Waals surface area contributed by atoms with Gasteiger partial charge in [-0.1, -0.05) is 50.7 Å². The molecule has 33 heavy (non-hydrogen) atoms. The van der Waals surface area contributed by atoms with Crippen LogP contribution in [0.15, 0.2) is 33.2 Å². The molecule has 0 aliphatic carbocycles. The minimum atomic E-state index is -0.808. The van der Waals surface area contributed by atoms with E-state index in [2.05, 4.69) is 31.9 Å². The summed E-state index contributed by atoms with van der Waals surface area (Å²) in [4.78, 5) is 0. The number of hydrogen-bond acceptors (Lipinski definition) is 1. The number of rotatable bonds is 16. The number of aryl methyl sites for hydroxylation is 2. The quantitative estimate of drug-likeness (QED) is 0.107. The smallest absolute Gasteiger partial charge is 0.173 e. The molecule has 0 spiro atoms. The van der Waals surface area contributed by atoms with E-state index in [4.69, 9.17) is 4.74 Å². The van der Waals surface area contributed by atoms with Gasteiger partial charge in [0.1, 0.15) is 0 Å². The van der Waals surface area contributed by atoms with Crippen molar-refractivity contribution in [3.05, 3.63) is 67.6 Å². The molecule has 0 fully saturated rings. The fourth-order valence-corrected chi connectivity index (χ4v) is 4.33.